The van der Waals surface area contributed by atoms with Crippen molar-refractivity contribution >= 4 is 0 Å². The van der Waals surface area contributed by atoms with E-state index in [1.165, 1.54) is 37.7 Å². The SMILES string of the molecule is CNC1CCC(Cc2ccc3c(c2)OCCO3)CC1. The van der Waals surface area contributed by atoms with Crippen LogP contribution in [0.1, 0.15) is 31.2 Å². The summed E-state index contributed by atoms with van der Waals surface area (Å²) in [7, 11) is 2.08. The van der Waals surface area contributed by atoms with Crippen LogP contribution < -0.4 is 14.8 Å². The van der Waals surface area contributed by atoms with Gasteiger partial charge in [0.1, 0.15) is 13.2 Å². The van der Waals surface area contributed by atoms with E-state index in [0.29, 0.717) is 13.2 Å². The van der Waals surface area contributed by atoms with E-state index in [0.717, 1.165) is 23.5 Å². The van der Waals surface area contributed by atoms with Crippen molar-refractivity contribution in [1.82, 2.24) is 5.32 Å². The molecule has 2 aliphatic rings. The Morgan fingerprint density at radius 1 is 1.05 bits per heavy atom. The fraction of sp³-hybridized carbons (Fsp3) is 0.625. The summed E-state index contributed by atoms with van der Waals surface area (Å²) in [5, 5.41) is 3.39. The molecule has 3 nitrogen and oxygen atoms in total. The predicted molar refractivity (Wildman–Crippen MR) is 75.9 cm³/mol. The van der Waals surface area contributed by atoms with Crippen molar-refractivity contribution in [2.45, 2.75) is 38.1 Å². The molecule has 0 spiro atoms. The highest BCUT2D eigenvalue weighted by molar-refractivity contribution is 5.43. The summed E-state index contributed by atoms with van der Waals surface area (Å²) in [4.78, 5) is 0. The molecule has 3 heteroatoms. The van der Waals surface area contributed by atoms with Gasteiger partial charge < -0.3 is 14.8 Å². The van der Waals surface area contributed by atoms with Gasteiger partial charge in [-0.15, -0.1) is 0 Å². The molecule has 1 heterocycles. The van der Waals surface area contributed by atoms with Crippen molar-refractivity contribution in [3.63, 3.8) is 0 Å². The molecule has 1 N–H and O–H groups in total. The molecule has 1 aliphatic carbocycles. The van der Waals surface area contributed by atoms with Crippen LogP contribution in [0.2, 0.25) is 0 Å². The third-order valence-corrected chi connectivity index (χ3v) is 4.39. The molecule has 1 saturated carbocycles. The van der Waals surface area contributed by atoms with Crippen LogP contribution in [0.4, 0.5) is 0 Å². The average Bonchev–Trinajstić information content (AvgIpc) is 2.48. The number of nitrogens with one attached hydrogen (secondary N) is 1. The first kappa shape index (κ1) is 12.8. The van der Waals surface area contributed by atoms with Gasteiger partial charge in [-0.2, -0.15) is 0 Å². The highest BCUT2D eigenvalue weighted by Crippen LogP contribution is 2.33. The Morgan fingerprint density at radius 3 is 2.53 bits per heavy atom. The molecule has 1 fully saturated rings. The number of hydrogen-bond acceptors (Lipinski definition) is 3. The normalized spacial score (nSPS) is 26.2. The zero-order valence-electron chi connectivity index (χ0n) is 11.7. The van der Waals surface area contributed by atoms with Crippen LogP contribution in [0, 0.1) is 5.92 Å². The van der Waals surface area contributed by atoms with Gasteiger partial charge in [-0.05, 0) is 62.8 Å². The van der Waals surface area contributed by atoms with Crippen LogP contribution in [-0.2, 0) is 6.42 Å². The van der Waals surface area contributed by atoms with E-state index in [2.05, 4.69) is 30.6 Å². The van der Waals surface area contributed by atoms with Crippen molar-refractivity contribution in [2.75, 3.05) is 20.3 Å². The van der Waals surface area contributed by atoms with E-state index in [4.69, 9.17) is 9.47 Å². The summed E-state index contributed by atoms with van der Waals surface area (Å²) >= 11 is 0. The predicted octanol–water partition coefficient (Wildman–Crippen LogP) is 2.78. The van der Waals surface area contributed by atoms with Crippen LogP contribution >= 0.6 is 0 Å². The first-order chi connectivity index (χ1) is 9.35. The van der Waals surface area contributed by atoms with Crippen LogP contribution in [0.5, 0.6) is 11.5 Å². The third-order valence-electron chi connectivity index (χ3n) is 4.39. The number of fused-ring (bicyclic) bond motifs is 1. The second kappa shape index (κ2) is 5.83. The zero-order valence-corrected chi connectivity index (χ0v) is 11.7. The lowest BCUT2D eigenvalue weighted by Crippen LogP contribution is -2.30. The smallest absolute Gasteiger partial charge is 0.161 e. The number of hydrogen-bond donors (Lipinski definition) is 1. The Labute approximate surface area is 115 Å². The highest BCUT2D eigenvalue weighted by Gasteiger charge is 2.21. The number of rotatable bonds is 3. The summed E-state index contributed by atoms with van der Waals surface area (Å²) in [6, 6.07) is 7.15. The lowest BCUT2D eigenvalue weighted by Gasteiger charge is -2.28. The molecule has 0 saturated heterocycles. The second-order valence-corrected chi connectivity index (χ2v) is 5.69. The molecular formula is C16H23NO2. The van der Waals surface area contributed by atoms with Gasteiger partial charge in [0.25, 0.3) is 0 Å². The highest BCUT2D eigenvalue weighted by atomic mass is 16.6. The van der Waals surface area contributed by atoms with E-state index in [1.54, 1.807) is 0 Å². The van der Waals surface area contributed by atoms with Gasteiger partial charge in [0.05, 0.1) is 0 Å². The molecule has 1 aromatic rings. The van der Waals surface area contributed by atoms with Gasteiger partial charge >= 0.3 is 0 Å². The van der Waals surface area contributed by atoms with Crippen LogP contribution in [-0.4, -0.2) is 26.3 Å². The molecule has 0 atom stereocenters. The Hall–Kier alpha value is -1.22. The molecule has 0 radical (unpaired) electrons. The fourth-order valence-electron chi connectivity index (χ4n) is 3.20. The van der Waals surface area contributed by atoms with E-state index in [9.17, 15) is 0 Å². The standard InChI is InChI=1S/C16H23NO2/c1-17-14-5-2-12(3-6-14)10-13-4-7-15-16(11-13)19-9-8-18-15/h4,7,11-12,14,17H,2-3,5-6,8-10H2,1H3. The topological polar surface area (TPSA) is 30.5 Å². The molecule has 19 heavy (non-hydrogen) atoms. The van der Waals surface area contributed by atoms with Crippen LogP contribution in [0.3, 0.4) is 0 Å². The quantitative estimate of drug-likeness (QED) is 0.907. The molecule has 3 rings (SSSR count). The molecule has 0 bridgehead atoms. The number of benzene rings is 1. The molecule has 0 aromatic heterocycles. The summed E-state index contributed by atoms with van der Waals surface area (Å²) in [5.41, 5.74) is 1.39. The Balaban J connectivity index is 1.61. The van der Waals surface area contributed by atoms with E-state index < -0.39 is 0 Å². The molecule has 1 aromatic carbocycles. The molecule has 0 amide bonds. The molecule has 104 valence electrons. The van der Waals surface area contributed by atoms with Crippen molar-refractivity contribution in [2.24, 2.45) is 5.92 Å². The maximum atomic E-state index is 5.65. The largest absolute Gasteiger partial charge is 0.486 e. The van der Waals surface area contributed by atoms with Gasteiger partial charge in [0.2, 0.25) is 0 Å². The zero-order chi connectivity index (χ0) is 13.1. The van der Waals surface area contributed by atoms with Gasteiger partial charge in [0.15, 0.2) is 11.5 Å². The average molecular weight is 261 g/mol. The van der Waals surface area contributed by atoms with Crippen LogP contribution in [0.25, 0.3) is 0 Å². The maximum absolute atomic E-state index is 5.65. The molecular weight excluding hydrogens is 238 g/mol. The van der Waals surface area contributed by atoms with Gasteiger partial charge in [0, 0.05) is 6.04 Å². The van der Waals surface area contributed by atoms with Gasteiger partial charge in [-0.1, -0.05) is 6.07 Å². The molecule has 0 unspecified atom stereocenters. The van der Waals surface area contributed by atoms with E-state index in [1.807, 2.05) is 0 Å². The van der Waals surface area contributed by atoms with E-state index >= 15 is 0 Å². The van der Waals surface area contributed by atoms with Crippen molar-refractivity contribution in [3.8, 4) is 11.5 Å². The maximum Gasteiger partial charge on any atom is 0.161 e. The first-order valence-electron chi connectivity index (χ1n) is 7.41. The first-order valence-corrected chi connectivity index (χ1v) is 7.41. The van der Waals surface area contributed by atoms with Crippen molar-refractivity contribution in [3.05, 3.63) is 23.8 Å². The lowest BCUT2D eigenvalue weighted by atomic mass is 9.82. The summed E-state index contributed by atoms with van der Waals surface area (Å²) < 4.78 is 11.2. The Bertz CT molecular complexity index is 425. The van der Waals surface area contributed by atoms with Crippen molar-refractivity contribution in [1.29, 1.82) is 0 Å². The Kier molecular flexibility index (Phi) is 3.92. The number of ether oxygens (including phenoxy) is 2. The van der Waals surface area contributed by atoms with Crippen molar-refractivity contribution < 1.29 is 9.47 Å². The minimum absolute atomic E-state index is 0.667. The second-order valence-electron chi connectivity index (χ2n) is 5.69. The van der Waals surface area contributed by atoms with Crippen LogP contribution in [0.15, 0.2) is 18.2 Å². The minimum Gasteiger partial charge on any atom is -0.486 e. The van der Waals surface area contributed by atoms with Gasteiger partial charge in [-0.3, -0.25) is 0 Å². The summed E-state index contributed by atoms with van der Waals surface area (Å²) in [5.74, 6) is 2.65. The summed E-state index contributed by atoms with van der Waals surface area (Å²) in [6.07, 6.45) is 6.46. The van der Waals surface area contributed by atoms with E-state index in [-0.39, 0.29) is 0 Å². The van der Waals surface area contributed by atoms with Gasteiger partial charge in [-0.25, -0.2) is 0 Å². The summed E-state index contributed by atoms with van der Waals surface area (Å²) in [6.45, 7) is 1.34. The third kappa shape index (κ3) is 3.03. The monoisotopic (exact) mass is 261 g/mol. The minimum atomic E-state index is 0.667. The fourth-order valence-corrected chi connectivity index (χ4v) is 3.20. The molecule has 1 aliphatic heterocycles. The Morgan fingerprint density at radius 2 is 1.79 bits per heavy atom. The lowest BCUT2D eigenvalue weighted by molar-refractivity contribution is 0.171.